The van der Waals surface area contributed by atoms with Crippen LogP contribution in [0.2, 0.25) is 0 Å². The second kappa shape index (κ2) is 8.54. The van der Waals surface area contributed by atoms with Crippen LogP contribution >= 0.6 is 0 Å². The molecule has 1 unspecified atom stereocenters. The molecule has 0 spiro atoms. The smallest absolute Gasteiger partial charge is 0.119 e. The number of benzene rings is 2. The lowest BCUT2D eigenvalue weighted by Crippen LogP contribution is -2.45. The summed E-state index contributed by atoms with van der Waals surface area (Å²) < 4.78 is 5.67. The van der Waals surface area contributed by atoms with Gasteiger partial charge in [-0.05, 0) is 24.6 Å². The lowest BCUT2D eigenvalue weighted by atomic mass is 10.0. The molecule has 0 aromatic heterocycles. The highest BCUT2D eigenvalue weighted by atomic mass is 16.5. The highest BCUT2D eigenvalue weighted by Gasteiger charge is 2.21. The monoisotopic (exact) mass is 301 g/mol. The van der Waals surface area contributed by atoms with Crippen LogP contribution in [0.25, 0.3) is 0 Å². The normalized spacial score (nSPS) is 15.0. The van der Waals surface area contributed by atoms with E-state index in [9.17, 15) is 10.2 Å². The molecule has 4 nitrogen and oxygen atoms in total. The average Bonchev–Trinajstić information content (AvgIpc) is 2.59. The predicted molar refractivity (Wildman–Crippen MR) is 86.8 cm³/mol. The van der Waals surface area contributed by atoms with Crippen LogP contribution in [0.15, 0.2) is 60.7 Å². The third-order valence-electron chi connectivity index (χ3n) is 3.46. The number of nitrogens with one attached hydrogen (secondary N) is 1. The van der Waals surface area contributed by atoms with Gasteiger partial charge in [0.25, 0.3) is 0 Å². The molecule has 2 aromatic rings. The number of hydrogen-bond acceptors (Lipinski definition) is 4. The first-order valence-corrected chi connectivity index (χ1v) is 7.48. The van der Waals surface area contributed by atoms with E-state index in [1.165, 1.54) is 0 Å². The Morgan fingerprint density at radius 2 is 1.59 bits per heavy atom. The van der Waals surface area contributed by atoms with Gasteiger partial charge >= 0.3 is 0 Å². The van der Waals surface area contributed by atoms with Crippen molar-refractivity contribution in [1.82, 2.24) is 5.32 Å². The van der Waals surface area contributed by atoms with Crippen molar-refractivity contribution in [3.63, 3.8) is 0 Å². The van der Waals surface area contributed by atoms with Crippen molar-refractivity contribution in [1.29, 1.82) is 0 Å². The van der Waals surface area contributed by atoms with Gasteiger partial charge in [0.05, 0.1) is 18.8 Å². The van der Waals surface area contributed by atoms with Gasteiger partial charge in [-0.1, -0.05) is 48.5 Å². The third kappa shape index (κ3) is 4.84. The zero-order chi connectivity index (χ0) is 15.8. The molecule has 0 fully saturated rings. The largest absolute Gasteiger partial charge is 0.492 e. The highest BCUT2D eigenvalue weighted by molar-refractivity contribution is 5.21. The van der Waals surface area contributed by atoms with E-state index in [1.807, 2.05) is 67.6 Å². The predicted octanol–water partition coefficient (Wildman–Crippen LogP) is 2.14. The molecule has 0 bridgehead atoms. The minimum atomic E-state index is -0.759. The lowest BCUT2D eigenvalue weighted by molar-refractivity contribution is 0.0797. The van der Waals surface area contributed by atoms with Gasteiger partial charge in [-0.3, -0.25) is 0 Å². The Balaban J connectivity index is 1.86. The number of rotatable bonds is 8. The molecule has 3 N–H and O–H groups in total. The summed E-state index contributed by atoms with van der Waals surface area (Å²) in [6, 6.07) is 18.5. The summed E-state index contributed by atoms with van der Waals surface area (Å²) in [6.07, 6.45) is -0.759. The minimum absolute atomic E-state index is 0.00396. The maximum absolute atomic E-state index is 10.4. The Kier molecular flexibility index (Phi) is 6.40. The fourth-order valence-electron chi connectivity index (χ4n) is 2.28. The van der Waals surface area contributed by atoms with Gasteiger partial charge in [0.15, 0.2) is 0 Å². The number of aliphatic hydroxyl groups is 2. The van der Waals surface area contributed by atoms with Crippen molar-refractivity contribution >= 4 is 0 Å². The second-order valence-electron chi connectivity index (χ2n) is 5.34. The van der Waals surface area contributed by atoms with Crippen LogP contribution in [0.5, 0.6) is 5.75 Å². The number of ether oxygens (including phenoxy) is 1. The minimum Gasteiger partial charge on any atom is -0.492 e. The van der Waals surface area contributed by atoms with Crippen LogP contribution in [-0.2, 0) is 0 Å². The summed E-state index contributed by atoms with van der Waals surface area (Å²) in [7, 11) is 0. The van der Waals surface area contributed by atoms with E-state index in [-0.39, 0.29) is 12.6 Å². The Morgan fingerprint density at radius 1 is 1.00 bits per heavy atom. The standard InChI is InChI=1S/C18H23NO3/c1-14(13-22-16-10-6-3-7-11-16)19-17(12-20)18(21)15-8-4-2-5-9-15/h2-11,14,17-21H,12-13H2,1H3/t14?,17-,18+/m0/s1. The Hall–Kier alpha value is -1.88. The van der Waals surface area contributed by atoms with Crippen molar-refractivity contribution in [3.05, 3.63) is 66.2 Å². The molecule has 0 heterocycles. The fraction of sp³-hybridized carbons (Fsp3) is 0.333. The summed E-state index contributed by atoms with van der Waals surface area (Å²) in [5, 5.41) is 23.1. The molecule has 0 aliphatic rings. The van der Waals surface area contributed by atoms with Crippen molar-refractivity contribution < 1.29 is 14.9 Å². The molecular weight excluding hydrogens is 278 g/mol. The third-order valence-corrected chi connectivity index (χ3v) is 3.46. The van der Waals surface area contributed by atoms with E-state index in [4.69, 9.17) is 4.74 Å². The number of para-hydroxylation sites is 1. The molecular formula is C18H23NO3. The lowest BCUT2D eigenvalue weighted by Gasteiger charge is -2.26. The van der Waals surface area contributed by atoms with Crippen LogP contribution in [0.1, 0.15) is 18.6 Å². The first-order chi connectivity index (χ1) is 10.7. The number of hydrogen-bond donors (Lipinski definition) is 3. The fourth-order valence-corrected chi connectivity index (χ4v) is 2.28. The van der Waals surface area contributed by atoms with Crippen LogP contribution in [-0.4, -0.2) is 35.5 Å². The molecule has 0 radical (unpaired) electrons. The summed E-state index contributed by atoms with van der Waals surface area (Å²) in [6.45, 7) is 2.27. The molecule has 0 aliphatic carbocycles. The molecule has 0 saturated carbocycles. The van der Waals surface area contributed by atoms with Crippen LogP contribution in [0, 0.1) is 0 Å². The van der Waals surface area contributed by atoms with E-state index < -0.39 is 12.1 Å². The topological polar surface area (TPSA) is 61.7 Å². The van der Waals surface area contributed by atoms with Gasteiger partial charge in [-0.2, -0.15) is 0 Å². The molecule has 2 aromatic carbocycles. The van der Waals surface area contributed by atoms with E-state index in [1.54, 1.807) is 0 Å². The number of aliphatic hydroxyl groups excluding tert-OH is 2. The van der Waals surface area contributed by atoms with Gasteiger partial charge in [0.1, 0.15) is 12.4 Å². The summed E-state index contributed by atoms with van der Waals surface area (Å²) in [5.74, 6) is 0.806. The molecule has 0 saturated heterocycles. The molecule has 0 aliphatic heterocycles. The molecule has 3 atom stereocenters. The Labute approximate surface area is 131 Å². The molecule has 22 heavy (non-hydrogen) atoms. The van der Waals surface area contributed by atoms with E-state index in [0.29, 0.717) is 6.61 Å². The maximum Gasteiger partial charge on any atom is 0.119 e. The Morgan fingerprint density at radius 3 is 2.18 bits per heavy atom. The van der Waals surface area contributed by atoms with Gasteiger partial charge in [-0.25, -0.2) is 0 Å². The van der Waals surface area contributed by atoms with E-state index in [0.717, 1.165) is 11.3 Å². The first-order valence-electron chi connectivity index (χ1n) is 7.48. The molecule has 2 rings (SSSR count). The van der Waals surface area contributed by atoms with E-state index in [2.05, 4.69) is 5.32 Å². The van der Waals surface area contributed by atoms with Gasteiger partial charge in [0.2, 0.25) is 0 Å². The van der Waals surface area contributed by atoms with Crippen molar-refractivity contribution in [2.24, 2.45) is 0 Å². The maximum atomic E-state index is 10.4. The molecule has 118 valence electrons. The SMILES string of the molecule is CC(COc1ccccc1)N[C@@H](CO)[C@H](O)c1ccccc1. The summed E-state index contributed by atoms with van der Waals surface area (Å²) >= 11 is 0. The van der Waals surface area contributed by atoms with Crippen molar-refractivity contribution in [2.75, 3.05) is 13.2 Å². The van der Waals surface area contributed by atoms with Crippen LogP contribution in [0.3, 0.4) is 0 Å². The van der Waals surface area contributed by atoms with E-state index >= 15 is 0 Å². The zero-order valence-corrected chi connectivity index (χ0v) is 12.7. The molecule has 4 heteroatoms. The summed E-state index contributed by atoms with van der Waals surface area (Å²) in [5.41, 5.74) is 0.783. The van der Waals surface area contributed by atoms with Crippen LogP contribution < -0.4 is 10.1 Å². The Bertz CT molecular complexity index is 533. The second-order valence-corrected chi connectivity index (χ2v) is 5.34. The van der Waals surface area contributed by atoms with Gasteiger partial charge in [-0.15, -0.1) is 0 Å². The van der Waals surface area contributed by atoms with Crippen molar-refractivity contribution in [2.45, 2.75) is 25.1 Å². The molecule has 0 amide bonds. The van der Waals surface area contributed by atoms with Gasteiger partial charge in [0, 0.05) is 6.04 Å². The van der Waals surface area contributed by atoms with Crippen LogP contribution in [0.4, 0.5) is 0 Å². The first kappa shape index (κ1) is 16.5. The highest BCUT2D eigenvalue weighted by Crippen LogP contribution is 2.17. The van der Waals surface area contributed by atoms with Gasteiger partial charge < -0.3 is 20.3 Å². The average molecular weight is 301 g/mol. The summed E-state index contributed by atoms with van der Waals surface area (Å²) in [4.78, 5) is 0. The quantitative estimate of drug-likeness (QED) is 0.699. The van der Waals surface area contributed by atoms with Crippen molar-refractivity contribution in [3.8, 4) is 5.75 Å². The zero-order valence-electron chi connectivity index (χ0n) is 12.7.